The van der Waals surface area contributed by atoms with Crippen molar-refractivity contribution < 1.29 is 4.39 Å². The predicted octanol–water partition coefficient (Wildman–Crippen LogP) is 3.40. The van der Waals surface area contributed by atoms with E-state index in [-0.39, 0.29) is 11.7 Å². The molecule has 1 atom stereocenters. The van der Waals surface area contributed by atoms with Gasteiger partial charge in [-0.2, -0.15) is 0 Å². The Morgan fingerprint density at radius 3 is 2.92 bits per heavy atom. The van der Waals surface area contributed by atoms with Crippen molar-refractivity contribution in [1.82, 2.24) is 0 Å². The third-order valence-corrected chi connectivity index (χ3v) is 2.31. The molecule has 0 nitrogen and oxygen atoms in total. The van der Waals surface area contributed by atoms with Crippen molar-refractivity contribution in [2.45, 2.75) is 13.3 Å². The Kier molecular flexibility index (Phi) is 3.50. The summed E-state index contributed by atoms with van der Waals surface area (Å²) in [6, 6.07) is 4.89. The molecule has 0 saturated heterocycles. The maximum absolute atomic E-state index is 13.2. The lowest BCUT2D eigenvalue weighted by Crippen LogP contribution is -1.98. The second-order valence-corrected chi connectivity index (χ2v) is 3.92. The second-order valence-electron chi connectivity index (χ2n) is 3.01. The van der Waals surface area contributed by atoms with Crippen molar-refractivity contribution in [2.75, 3.05) is 0 Å². The number of hydrogen-bond acceptors (Lipinski definition) is 0. The molecule has 0 spiro atoms. The lowest BCUT2D eigenvalue weighted by Gasteiger charge is -2.05. The minimum atomic E-state index is -0.190. The van der Waals surface area contributed by atoms with Gasteiger partial charge in [-0.1, -0.05) is 22.9 Å². The molecule has 0 saturated carbocycles. The Morgan fingerprint density at radius 2 is 2.31 bits per heavy atom. The molecule has 0 radical (unpaired) electrons. The van der Waals surface area contributed by atoms with E-state index in [1.807, 2.05) is 6.92 Å². The van der Waals surface area contributed by atoms with Gasteiger partial charge < -0.3 is 0 Å². The van der Waals surface area contributed by atoms with Gasteiger partial charge in [-0.15, -0.1) is 12.3 Å². The number of halogens is 2. The number of terminal acetylenes is 1. The van der Waals surface area contributed by atoms with Crippen LogP contribution in [-0.4, -0.2) is 0 Å². The molecule has 0 aliphatic carbocycles. The molecule has 0 amide bonds. The van der Waals surface area contributed by atoms with Crippen molar-refractivity contribution in [1.29, 1.82) is 0 Å². The first-order valence-electron chi connectivity index (χ1n) is 4.03. The van der Waals surface area contributed by atoms with Gasteiger partial charge in [-0.05, 0) is 30.2 Å². The zero-order chi connectivity index (χ0) is 9.84. The van der Waals surface area contributed by atoms with Crippen LogP contribution in [0.5, 0.6) is 0 Å². The normalized spacial score (nSPS) is 12.2. The summed E-state index contributed by atoms with van der Waals surface area (Å²) in [5, 5.41) is 0. The highest BCUT2D eigenvalue weighted by atomic mass is 79.9. The van der Waals surface area contributed by atoms with Crippen LogP contribution >= 0.6 is 15.9 Å². The lowest BCUT2D eigenvalue weighted by atomic mass is 10.0. The van der Waals surface area contributed by atoms with Crippen LogP contribution in [0.4, 0.5) is 4.39 Å². The summed E-state index contributed by atoms with van der Waals surface area (Å²) < 4.78 is 14.1. The molecule has 0 aliphatic rings. The van der Waals surface area contributed by atoms with Crippen molar-refractivity contribution in [3.63, 3.8) is 0 Å². The van der Waals surface area contributed by atoms with Crippen LogP contribution in [0.1, 0.15) is 12.5 Å². The van der Waals surface area contributed by atoms with Gasteiger partial charge in [0.25, 0.3) is 0 Å². The summed E-state index contributed by atoms with van der Waals surface area (Å²) in [5.74, 6) is 2.46. The Hall–Kier alpha value is -0.810. The van der Waals surface area contributed by atoms with Crippen molar-refractivity contribution >= 4 is 15.9 Å². The largest absolute Gasteiger partial charge is 0.207 e. The van der Waals surface area contributed by atoms with Crippen molar-refractivity contribution in [3.05, 3.63) is 34.1 Å². The first-order valence-corrected chi connectivity index (χ1v) is 4.83. The lowest BCUT2D eigenvalue weighted by molar-refractivity contribution is 0.595. The van der Waals surface area contributed by atoms with Crippen LogP contribution in [0, 0.1) is 24.1 Å². The molecular weight excluding hydrogens is 231 g/mol. The molecule has 0 aliphatic heterocycles. The van der Waals surface area contributed by atoms with Gasteiger partial charge in [0.05, 0.1) is 0 Å². The SMILES string of the molecule is C#CC(C)Cc1cc(Br)ccc1F. The summed E-state index contributed by atoms with van der Waals surface area (Å²) in [6.45, 7) is 1.90. The summed E-state index contributed by atoms with van der Waals surface area (Å²) in [5.41, 5.74) is 0.667. The summed E-state index contributed by atoms with van der Waals surface area (Å²) >= 11 is 3.29. The number of benzene rings is 1. The molecule has 0 aromatic heterocycles. The van der Waals surface area contributed by atoms with E-state index in [1.165, 1.54) is 6.07 Å². The molecule has 2 heteroatoms. The molecule has 0 bridgehead atoms. The Morgan fingerprint density at radius 1 is 1.62 bits per heavy atom. The average molecular weight is 241 g/mol. The van der Waals surface area contributed by atoms with Crippen LogP contribution in [0.2, 0.25) is 0 Å². The second kappa shape index (κ2) is 4.43. The third kappa shape index (κ3) is 2.86. The van der Waals surface area contributed by atoms with Gasteiger partial charge in [-0.3, -0.25) is 0 Å². The third-order valence-electron chi connectivity index (χ3n) is 1.82. The minimum Gasteiger partial charge on any atom is -0.207 e. The number of hydrogen-bond donors (Lipinski definition) is 0. The minimum absolute atomic E-state index is 0.0730. The topological polar surface area (TPSA) is 0 Å². The Balaban J connectivity index is 2.88. The monoisotopic (exact) mass is 240 g/mol. The maximum atomic E-state index is 13.2. The van der Waals surface area contributed by atoms with E-state index in [0.717, 1.165) is 4.47 Å². The van der Waals surface area contributed by atoms with Crippen molar-refractivity contribution in [2.24, 2.45) is 5.92 Å². The zero-order valence-electron chi connectivity index (χ0n) is 7.35. The maximum Gasteiger partial charge on any atom is 0.126 e. The molecule has 1 unspecified atom stereocenters. The highest BCUT2D eigenvalue weighted by Gasteiger charge is 2.05. The fourth-order valence-corrected chi connectivity index (χ4v) is 1.50. The fraction of sp³-hybridized carbons (Fsp3) is 0.273. The summed E-state index contributed by atoms with van der Waals surface area (Å²) in [4.78, 5) is 0. The van der Waals surface area contributed by atoms with E-state index in [2.05, 4.69) is 21.9 Å². The molecule has 1 aromatic rings. The molecule has 1 aromatic carbocycles. The smallest absolute Gasteiger partial charge is 0.126 e. The van der Waals surface area contributed by atoms with E-state index >= 15 is 0 Å². The highest BCUT2D eigenvalue weighted by Crippen LogP contribution is 2.18. The molecule has 1 rings (SSSR count). The first-order chi connectivity index (χ1) is 6.13. The van der Waals surface area contributed by atoms with Crippen LogP contribution in [-0.2, 0) is 6.42 Å². The van der Waals surface area contributed by atoms with E-state index in [1.54, 1.807) is 12.1 Å². The molecule has 0 heterocycles. The standard InChI is InChI=1S/C11H10BrF/c1-3-8(2)6-9-7-10(12)4-5-11(9)13/h1,4-5,7-8H,6H2,2H3. The van der Waals surface area contributed by atoms with E-state index in [9.17, 15) is 4.39 Å². The van der Waals surface area contributed by atoms with Crippen LogP contribution in [0.25, 0.3) is 0 Å². The number of rotatable bonds is 2. The van der Waals surface area contributed by atoms with E-state index in [4.69, 9.17) is 6.42 Å². The van der Waals surface area contributed by atoms with E-state index in [0.29, 0.717) is 12.0 Å². The first kappa shape index (κ1) is 10.3. The predicted molar refractivity (Wildman–Crippen MR) is 55.8 cm³/mol. The molecule has 13 heavy (non-hydrogen) atoms. The quantitative estimate of drug-likeness (QED) is 0.696. The Labute approximate surface area is 86.3 Å². The van der Waals surface area contributed by atoms with Gasteiger partial charge >= 0.3 is 0 Å². The molecular formula is C11H10BrF. The van der Waals surface area contributed by atoms with Gasteiger partial charge in [0.1, 0.15) is 5.82 Å². The van der Waals surface area contributed by atoms with Gasteiger partial charge in [0.2, 0.25) is 0 Å². The Bertz CT molecular complexity index is 338. The molecule has 68 valence electrons. The van der Waals surface area contributed by atoms with Crippen LogP contribution in [0.15, 0.2) is 22.7 Å². The zero-order valence-corrected chi connectivity index (χ0v) is 8.94. The van der Waals surface area contributed by atoms with Crippen LogP contribution < -0.4 is 0 Å². The summed E-state index contributed by atoms with van der Waals surface area (Å²) in [6.07, 6.45) is 5.81. The van der Waals surface area contributed by atoms with Crippen molar-refractivity contribution in [3.8, 4) is 12.3 Å². The van der Waals surface area contributed by atoms with Crippen LogP contribution in [0.3, 0.4) is 0 Å². The summed E-state index contributed by atoms with van der Waals surface area (Å²) in [7, 11) is 0. The highest BCUT2D eigenvalue weighted by molar-refractivity contribution is 9.10. The van der Waals surface area contributed by atoms with Gasteiger partial charge in [0.15, 0.2) is 0 Å². The average Bonchev–Trinajstić information content (AvgIpc) is 2.11. The van der Waals surface area contributed by atoms with E-state index < -0.39 is 0 Å². The molecule has 0 N–H and O–H groups in total. The van der Waals surface area contributed by atoms with Gasteiger partial charge in [0, 0.05) is 10.4 Å². The fourth-order valence-electron chi connectivity index (χ4n) is 1.09. The van der Waals surface area contributed by atoms with Gasteiger partial charge in [-0.25, -0.2) is 4.39 Å². The molecule has 0 fully saturated rings.